The lowest BCUT2D eigenvalue weighted by molar-refractivity contribution is 0.243. The Bertz CT molecular complexity index is 679. The third kappa shape index (κ3) is 3.27. The molecule has 1 atom stereocenters. The fourth-order valence-corrected chi connectivity index (χ4v) is 2.63. The van der Waals surface area contributed by atoms with Gasteiger partial charge >= 0.3 is 0 Å². The van der Waals surface area contributed by atoms with Crippen LogP contribution in [0.3, 0.4) is 0 Å². The van der Waals surface area contributed by atoms with Crippen molar-refractivity contribution < 1.29 is 9.13 Å². The Morgan fingerprint density at radius 3 is 2.81 bits per heavy atom. The SMILES string of the molecule is CCC(C)N(C)CCn1c(=S)[nH]c2cc(F)c(OC)cc21. The van der Waals surface area contributed by atoms with Crippen LogP contribution in [0.15, 0.2) is 12.1 Å². The lowest BCUT2D eigenvalue weighted by atomic mass is 10.2. The first-order valence-corrected chi connectivity index (χ1v) is 7.55. The third-order valence-corrected chi connectivity index (χ3v) is 4.39. The van der Waals surface area contributed by atoms with Crippen molar-refractivity contribution in [3.8, 4) is 5.75 Å². The van der Waals surface area contributed by atoms with Crippen molar-refractivity contribution in [1.29, 1.82) is 0 Å². The molecule has 0 radical (unpaired) electrons. The van der Waals surface area contributed by atoms with Gasteiger partial charge in [-0.25, -0.2) is 4.39 Å². The minimum atomic E-state index is -0.384. The zero-order valence-corrected chi connectivity index (χ0v) is 13.8. The van der Waals surface area contributed by atoms with Crippen molar-refractivity contribution in [2.45, 2.75) is 32.9 Å². The van der Waals surface area contributed by atoms with Crippen LogP contribution in [-0.4, -0.2) is 41.2 Å². The summed E-state index contributed by atoms with van der Waals surface area (Å²) in [6, 6.07) is 3.65. The van der Waals surface area contributed by atoms with Gasteiger partial charge < -0.3 is 19.2 Å². The van der Waals surface area contributed by atoms with Gasteiger partial charge in [-0.05, 0) is 32.6 Å². The number of rotatable bonds is 6. The highest BCUT2D eigenvalue weighted by molar-refractivity contribution is 7.71. The molecular weight excluding hydrogens is 289 g/mol. The van der Waals surface area contributed by atoms with Crippen LogP contribution in [0.2, 0.25) is 0 Å². The molecule has 0 saturated heterocycles. The normalized spacial score (nSPS) is 13.0. The third-order valence-electron chi connectivity index (χ3n) is 4.07. The zero-order chi connectivity index (χ0) is 15.6. The number of methoxy groups -OCH3 is 1. The molecule has 0 spiro atoms. The summed E-state index contributed by atoms with van der Waals surface area (Å²) in [5.41, 5.74) is 1.57. The Hall–Kier alpha value is -1.40. The molecule has 4 nitrogen and oxygen atoms in total. The molecule has 0 saturated carbocycles. The summed E-state index contributed by atoms with van der Waals surface area (Å²) in [7, 11) is 3.57. The number of H-pyrrole nitrogens is 1. The second-order valence-corrected chi connectivity index (χ2v) is 5.71. The first-order chi connectivity index (χ1) is 9.97. The number of ether oxygens (including phenoxy) is 1. The van der Waals surface area contributed by atoms with Gasteiger partial charge in [0.25, 0.3) is 0 Å². The molecule has 0 bridgehead atoms. The highest BCUT2D eigenvalue weighted by Crippen LogP contribution is 2.24. The molecule has 0 aliphatic rings. The van der Waals surface area contributed by atoms with Gasteiger partial charge in [-0.2, -0.15) is 0 Å². The summed E-state index contributed by atoms with van der Waals surface area (Å²) in [6.45, 7) is 6.02. The average molecular weight is 311 g/mol. The quantitative estimate of drug-likeness (QED) is 0.828. The van der Waals surface area contributed by atoms with E-state index in [2.05, 4.69) is 30.8 Å². The molecule has 1 unspecified atom stereocenters. The minimum Gasteiger partial charge on any atom is -0.494 e. The van der Waals surface area contributed by atoms with Gasteiger partial charge in [0.05, 0.1) is 18.1 Å². The molecule has 1 aromatic heterocycles. The van der Waals surface area contributed by atoms with Gasteiger partial charge in [-0.3, -0.25) is 0 Å². The van der Waals surface area contributed by atoms with Crippen molar-refractivity contribution in [1.82, 2.24) is 14.5 Å². The largest absolute Gasteiger partial charge is 0.494 e. The molecule has 1 heterocycles. The van der Waals surface area contributed by atoms with Crippen molar-refractivity contribution >= 4 is 23.3 Å². The Morgan fingerprint density at radius 1 is 1.48 bits per heavy atom. The molecule has 6 heteroatoms. The predicted octanol–water partition coefficient (Wildman–Crippen LogP) is 3.58. The maximum atomic E-state index is 13.7. The fourth-order valence-electron chi connectivity index (χ4n) is 2.33. The molecule has 21 heavy (non-hydrogen) atoms. The molecule has 0 fully saturated rings. The molecule has 0 aliphatic carbocycles. The van der Waals surface area contributed by atoms with Crippen LogP contribution in [0.4, 0.5) is 4.39 Å². The molecule has 2 aromatic rings. The monoisotopic (exact) mass is 311 g/mol. The Labute approximate surface area is 129 Å². The second-order valence-electron chi connectivity index (χ2n) is 5.32. The van der Waals surface area contributed by atoms with Crippen LogP contribution in [0.5, 0.6) is 5.75 Å². The highest BCUT2D eigenvalue weighted by Gasteiger charge is 2.12. The van der Waals surface area contributed by atoms with Crippen LogP contribution < -0.4 is 4.74 Å². The van der Waals surface area contributed by atoms with Crippen LogP contribution in [-0.2, 0) is 6.54 Å². The van der Waals surface area contributed by atoms with E-state index in [1.54, 1.807) is 6.07 Å². The summed E-state index contributed by atoms with van der Waals surface area (Å²) < 4.78 is 21.4. The van der Waals surface area contributed by atoms with Crippen molar-refractivity contribution in [3.05, 3.63) is 22.7 Å². The smallest absolute Gasteiger partial charge is 0.178 e. The fraction of sp³-hybridized carbons (Fsp3) is 0.533. The molecule has 1 aromatic carbocycles. The lowest BCUT2D eigenvalue weighted by Gasteiger charge is -2.23. The molecule has 1 N–H and O–H groups in total. The Kier molecular flexibility index (Phi) is 5.00. The van der Waals surface area contributed by atoms with E-state index < -0.39 is 0 Å². The standard InChI is InChI=1S/C15H22FN3OS/c1-5-10(2)18(3)6-7-19-13-9-14(20-4)11(16)8-12(13)17-15(19)21/h8-10H,5-7H2,1-4H3,(H,17,21). The van der Waals surface area contributed by atoms with Crippen LogP contribution >= 0.6 is 12.2 Å². The van der Waals surface area contributed by atoms with Crippen molar-refractivity contribution in [2.75, 3.05) is 20.7 Å². The first kappa shape index (κ1) is 16.0. The number of nitrogens with zero attached hydrogens (tertiary/aromatic N) is 2. The van der Waals surface area contributed by atoms with E-state index in [0.717, 1.165) is 25.0 Å². The number of benzene rings is 1. The number of hydrogen-bond donors (Lipinski definition) is 1. The molecule has 2 rings (SSSR count). The van der Waals surface area contributed by atoms with E-state index >= 15 is 0 Å². The summed E-state index contributed by atoms with van der Waals surface area (Å²) in [5.74, 6) is -0.148. The molecule has 116 valence electrons. The van der Waals surface area contributed by atoms with Gasteiger partial charge in [0, 0.05) is 31.3 Å². The van der Waals surface area contributed by atoms with Gasteiger partial charge in [-0.1, -0.05) is 6.92 Å². The number of fused-ring (bicyclic) bond motifs is 1. The molecule has 0 amide bonds. The predicted molar refractivity (Wildman–Crippen MR) is 86.0 cm³/mol. The summed E-state index contributed by atoms with van der Waals surface area (Å²) >= 11 is 5.35. The minimum absolute atomic E-state index is 0.237. The van der Waals surface area contributed by atoms with E-state index in [4.69, 9.17) is 17.0 Å². The Balaban J connectivity index is 2.31. The maximum absolute atomic E-state index is 13.7. The summed E-state index contributed by atoms with van der Waals surface area (Å²) in [6.07, 6.45) is 1.11. The van der Waals surface area contributed by atoms with Crippen LogP contribution in [0, 0.1) is 10.6 Å². The van der Waals surface area contributed by atoms with E-state index in [1.165, 1.54) is 13.2 Å². The number of aromatic nitrogens is 2. The number of imidazole rings is 1. The van der Waals surface area contributed by atoms with E-state index in [9.17, 15) is 4.39 Å². The van der Waals surface area contributed by atoms with Crippen LogP contribution in [0.1, 0.15) is 20.3 Å². The lowest BCUT2D eigenvalue weighted by Crippen LogP contribution is -2.31. The van der Waals surface area contributed by atoms with Crippen molar-refractivity contribution in [3.63, 3.8) is 0 Å². The highest BCUT2D eigenvalue weighted by atomic mass is 32.1. The second kappa shape index (κ2) is 6.58. The van der Waals surface area contributed by atoms with Crippen molar-refractivity contribution in [2.24, 2.45) is 0 Å². The molecular formula is C15H22FN3OS. The van der Waals surface area contributed by atoms with Gasteiger partial charge in [-0.15, -0.1) is 0 Å². The Morgan fingerprint density at radius 2 is 2.19 bits per heavy atom. The van der Waals surface area contributed by atoms with E-state index in [0.29, 0.717) is 16.3 Å². The van der Waals surface area contributed by atoms with E-state index in [-0.39, 0.29) is 11.6 Å². The average Bonchev–Trinajstić information content (AvgIpc) is 2.77. The number of nitrogens with one attached hydrogen (secondary N) is 1. The van der Waals surface area contributed by atoms with E-state index in [1.807, 2.05) is 4.57 Å². The molecule has 0 aliphatic heterocycles. The number of hydrogen-bond acceptors (Lipinski definition) is 3. The summed E-state index contributed by atoms with van der Waals surface area (Å²) in [4.78, 5) is 5.34. The number of likely N-dealkylation sites (N-methyl/N-ethyl adjacent to an activating group) is 1. The number of halogens is 1. The van der Waals surface area contributed by atoms with Gasteiger partial charge in [0.2, 0.25) is 0 Å². The van der Waals surface area contributed by atoms with Crippen LogP contribution in [0.25, 0.3) is 11.0 Å². The van der Waals surface area contributed by atoms with Gasteiger partial charge in [0.1, 0.15) is 0 Å². The zero-order valence-electron chi connectivity index (χ0n) is 12.9. The number of aromatic amines is 1. The maximum Gasteiger partial charge on any atom is 0.178 e. The first-order valence-electron chi connectivity index (χ1n) is 7.14. The summed E-state index contributed by atoms with van der Waals surface area (Å²) in [5, 5.41) is 0. The van der Waals surface area contributed by atoms with Gasteiger partial charge in [0.15, 0.2) is 16.3 Å². The topological polar surface area (TPSA) is 33.2 Å².